The molecular weight excluding hydrogens is 397 g/mol. The summed E-state index contributed by atoms with van der Waals surface area (Å²) >= 11 is 0. The third kappa shape index (κ3) is 2.85. The number of fused-ring (bicyclic) bond motifs is 3. The van der Waals surface area contributed by atoms with Crippen molar-refractivity contribution in [2.45, 2.75) is 13.3 Å². The summed E-state index contributed by atoms with van der Waals surface area (Å²) < 4.78 is 15.2. The number of rotatable bonds is 3. The first-order valence-corrected chi connectivity index (χ1v) is 9.79. The van der Waals surface area contributed by atoms with Gasteiger partial charge in [-0.3, -0.25) is 18.8 Å². The topological polar surface area (TPSA) is 80.5 Å². The molecule has 2 aromatic heterocycles. The molecule has 152 valence electrons. The van der Waals surface area contributed by atoms with Gasteiger partial charge in [0.15, 0.2) is 11.6 Å². The minimum absolute atomic E-state index is 0.151. The second-order valence-corrected chi connectivity index (χ2v) is 7.22. The number of ketones is 2. The predicted molar refractivity (Wildman–Crippen MR) is 112 cm³/mol. The molecule has 0 bridgehead atoms. The zero-order valence-electron chi connectivity index (χ0n) is 16.5. The summed E-state index contributed by atoms with van der Waals surface area (Å²) in [4.78, 5) is 43.7. The number of benzene rings is 2. The highest BCUT2D eigenvalue weighted by molar-refractivity contribution is 6.30. The zero-order valence-corrected chi connectivity index (χ0v) is 16.5. The number of amides is 1. The Labute approximate surface area is 176 Å². The van der Waals surface area contributed by atoms with E-state index in [1.54, 1.807) is 42.5 Å². The maximum atomic E-state index is 13.8. The Morgan fingerprint density at radius 1 is 0.968 bits per heavy atom. The molecule has 7 heteroatoms. The average molecular weight is 413 g/mol. The van der Waals surface area contributed by atoms with Crippen LogP contribution in [0.1, 0.15) is 54.9 Å². The van der Waals surface area contributed by atoms with E-state index in [1.807, 2.05) is 6.92 Å². The highest BCUT2D eigenvalue weighted by Gasteiger charge is 2.32. The lowest BCUT2D eigenvalue weighted by Gasteiger charge is -2.20. The van der Waals surface area contributed by atoms with Crippen LogP contribution in [-0.4, -0.2) is 26.9 Å². The molecule has 0 saturated carbocycles. The van der Waals surface area contributed by atoms with E-state index in [0.717, 1.165) is 0 Å². The van der Waals surface area contributed by atoms with Crippen molar-refractivity contribution in [1.29, 1.82) is 0 Å². The van der Waals surface area contributed by atoms with E-state index in [9.17, 15) is 18.8 Å². The van der Waals surface area contributed by atoms with Gasteiger partial charge in [-0.2, -0.15) is 0 Å². The summed E-state index contributed by atoms with van der Waals surface area (Å²) in [7, 11) is 0. The summed E-state index contributed by atoms with van der Waals surface area (Å²) in [5.41, 5.74) is 2.38. The molecule has 0 saturated heterocycles. The minimum Gasteiger partial charge on any atom is -0.320 e. The number of nitrogens with one attached hydrogen (secondary N) is 1. The van der Waals surface area contributed by atoms with E-state index in [1.165, 1.54) is 22.7 Å². The number of anilines is 1. The molecule has 1 aliphatic rings. The van der Waals surface area contributed by atoms with E-state index in [4.69, 9.17) is 0 Å². The van der Waals surface area contributed by atoms with Crippen molar-refractivity contribution in [1.82, 2.24) is 9.38 Å². The van der Waals surface area contributed by atoms with Crippen LogP contribution >= 0.6 is 0 Å². The number of carbonyl (C=O) groups is 3. The Kier molecular flexibility index (Phi) is 4.25. The molecule has 0 radical (unpaired) electrons. The molecule has 6 nitrogen and oxygen atoms in total. The first-order chi connectivity index (χ1) is 15.0. The largest absolute Gasteiger partial charge is 0.320 e. The maximum Gasteiger partial charge on any atom is 0.274 e. The van der Waals surface area contributed by atoms with Crippen molar-refractivity contribution in [3.63, 3.8) is 0 Å². The molecule has 0 spiro atoms. The van der Waals surface area contributed by atoms with Crippen molar-refractivity contribution in [3.8, 4) is 0 Å². The van der Waals surface area contributed by atoms with Crippen molar-refractivity contribution in [3.05, 3.63) is 100 Å². The molecule has 0 aliphatic heterocycles. The van der Waals surface area contributed by atoms with Gasteiger partial charge in [0.05, 0.1) is 16.9 Å². The van der Waals surface area contributed by atoms with Crippen LogP contribution in [0.25, 0.3) is 5.65 Å². The summed E-state index contributed by atoms with van der Waals surface area (Å²) in [6.07, 6.45) is 1.66. The highest BCUT2D eigenvalue weighted by atomic mass is 19.1. The van der Waals surface area contributed by atoms with Gasteiger partial charge in [0, 0.05) is 22.9 Å². The SMILES string of the molecule is CCc1nc2ccc(F)cn2c1C(=O)Nc1cccc2c1C(=O)c1ccccc1C2=O. The number of aryl methyl sites for hydroxylation is 1. The standard InChI is InChI=1S/C24H16FN3O3/c1-2-17-21(28-12-13(25)10-11-19(28)26-17)24(31)27-18-9-5-8-16-20(18)23(30)15-7-4-3-6-14(15)22(16)29/h3-12H,2H2,1H3,(H,27,31). The van der Waals surface area contributed by atoms with E-state index in [-0.39, 0.29) is 34.1 Å². The number of hydrogen-bond donors (Lipinski definition) is 1. The van der Waals surface area contributed by atoms with Crippen molar-refractivity contribution in [2.75, 3.05) is 5.32 Å². The highest BCUT2D eigenvalue weighted by Crippen LogP contribution is 2.32. The van der Waals surface area contributed by atoms with Crippen molar-refractivity contribution < 1.29 is 18.8 Å². The third-order valence-corrected chi connectivity index (χ3v) is 5.41. The van der Waals surface area contributed by atoms with Crippen molar-refractivity contribution >= 4 is 28.8 Å². The predicted octanol–water partition coefficient (Wildman–Crippen LogP) is 4.06. The molecule has 5 rings (SSSR count). The molecule has 1 aliphatic carbocycles. The first-order valence-electron chi connectivity index (χ1n) is 9.79. The Bertz CT molecular complexity index is 1420. The number of imidazole rings is 1. The second kappa shape index (κ2) is 6.98. The molecule has 2 aromatic carbocycles. The van der Waals surface area contributed by atoms with Crippen LogP contribution in [-0.2, 0) is 6.42 Å². The van der Waals surface area contributed by atoms with Gasteiger partial charge in [0.25, 0.3) is 5.91 Å². The van der Waals surface area contributed by atoms with Crippen LogP contribution < -0.4 is 5.32 Å². The van der Waals surface area contributed by atoms with Gasteiger partial charge in [-0.05, 0) is 24.6 Å². The lowest BCUT2D eigenvalue weighted by atomic mass is 9.83. The first kappa shape index (κ1) is 18.9. The van der Waals surface area contributed by atoms with E-state index in [0.29, 0.717) is 28.9 Å². The molecule has 4 aromatic rings. The summed E-state index contributed by atoms with van der Waals surface area (Å²) in [5, 5.41) is 2.75. The monoisotopic (exact) mass is 413 g/mol. The lowest BCUT2D eigenvalue weighted by molar-refractivity contribution is 0.0978. The Morgan fingerprint density at radius 3 is 2.42 bits per heavy atom. The minimum atomic E-state index is -0.539. The molecule has 0 atom stereocenters. The van der Waals surface area contributed by atoms with E-state index < -0.39 is 11.7 Å². The molecule has 0 unspecified atom stereocenters. The maximum absolute atomic E-state index is 13.8. The van der Waals surface area contributed by atoms with Crippen LogP contribution in [0.3, 0.4) is 0 Å². The van der Waals surface area contributed by atoms with E-state index in [2.05, 4.69) is 10.3 Å². The summed E-state index contributed by atoms with van der Waals surface area (Å²) in [6, 6.07) is 14.1. The van der Waals surface area contributed by atoms with Gasteiger partial charge >= 0.3 is 0 Å². The summed E-state index contributed by atoms with van der Waals surface area (Å²) in [5.74, 6) is -1.65. The zero-order chi connectivity index (χ0) is 21.7. The quantitative estimate of drug-likeness (QED) is 0.484. The smallest absolute Gasteiger partial charge is 0.274 e. The average Bonchev–Trinajstić information content (AvgIpc) is 3.15. The molecule has 0 fully saturated rings. The van der Waals surface area contributed by atoms with Crippen molar-refractivity contribution in [2.24, 2.45) is 0 Å². The van der Waals surface area contributed by atoms with Crippen LogP contribution in [0.5, 0.6) is 0 Å². The Morgan fingerprint density at radius 2 is 1.68 bits per heavy atom. The van der Waals surface area contributed by atoms with Gasteiger partial charge in [0.2, 0.25) is 0 Å². The fourth-order valence-electron chi connectivity index (χ4n) is 3.99. The van der Waals surface area contributed by atoms with Crippen LogP contribution in [0.2, 0.25) is 0 Å². The Hall–Kier alpha value is -4.13. The number of halogens is 1. The van der Waals surface area contributed by atoms with Gasteiger partial charge in [0.1, 0.15) is 17.2 Å². The van der Waals surface area contributed by atoms with Gasteiger partial charge < -0.3 is 5.32 Å². The number of hydrogen-bond acceptors (Lipinski definition) is 4. The van der Waals surface area contributed by atoms with Crippen LogP contribution in [0, 0.1) is 5.82 Å². The number of carbonyl (C=O) groups excluding carboxylic acids is 3. The molecular formula is C24H16FN3O3. The fraction of sp³-hybridized carbons (Fsp3) is 0.0833. The second-order valence-electron chi connectivity index (χ2n) is 7.22. The number of aromatic nitrogens is 2. The lowest BCUT2D eigenvalue weighted by Crippen LogP contribution is -2.24. The summed E-state index contributed by atoms with van der Waals surface area (Å²) in [6.45, 7) is 1.85. The van der Waals surface area contributed by atoms with Crippen LogP contribution in [0.15, 0.2) is 60.8 Å². The van der Waals surface area contributed by atoms with Gasteiger partial charge in [-0.15, -0.1) is 0 Å². The van der Waals surface area contributed by atoms with Gasteiger partial charge in [-0.25, -0.2) is 9.37 Å². The number of pyridine rings is 1. The molecule has 1 N–H and O–H groups in total. The normalized spacial score (nSPS) is 12.6. The molecule has 2 heterocycles. The Balaban J connectivity index is 1.61. The fourth-order valence-corrected chi connectivity index (χ4v) is 3.99. The van der Waals surface area contributed by atoms with Gasteiger partial charge in [-0.1, -0.05) is 43.3 Å². The van der Waals surface area contributed by atoms with E-state index >= 15 is 0 Å². The number of nitrogens with zero attached hydrogens (tertiary/aromatic N) is 2. The molecule has 31 heavy (non-hydrogen) atoms. The molecule has 1 amide bonds. The van der Waals surface area contributed by atoms with Crippen LogP contribution in [0.4, 0.5) is 10.1 Å². The third-order valence-electron chi connectivity index (χ3n) is 5.41.